The number of hydrogen-bond acceptors (Lipinski definition) is 3. The van der Waals surface area contributed by atoms with Gasteiger partial charge in [-0.3, -0.25) is 9.69 Å². The number of benzene rings is 1. The molecule has 1 aromatic carbocycles. The first-order valence-corrected chi connectivity index (χ1v) is 6.98. The fraction of sp³-hybridized carbons (Fsp3) is 0.533. The Bertz CT molecular complexity index is 474. The van der Waals surface area contributed by atoms with Crippen LogP contribution in [0.5, 0.6) is 0 Å². The molecule has 1 aliphatic carbocycles. The Morgan fingerprint density at radius 3 is 2.80 bits per heavy atom. The van der Waals surface area contributed by atoms with Crippen molar-refractivity contribution in [1.29, 1.82) is 0 Å². The summed E-state index contributed by atoms with van der Waals surface area (Å²) in [5.41, 5.74) is 6.81. The van der Waals surface area contributed by atoms with Gasteiger partial charge < -0.3 is 11.1 Å². The van der Waals surface area contributed by atoms with Crippen LogP contribution in [0.25, 0.3) is 0 Å². The predicted molar refractivity (Wildman–Crippen MR) is 76.6 cm³/mol. The van der Waals surface area contributed by atoms with Crippen molar-refractivity contribution in [3.05, 3.63) is 35.6 Å². The summed E-state index contributed by atoms with van der Waals surface area (Å²) in [6, 6.07) is 6.35. The number of halogens is 1. The first kappa shape index (κ1) is 14.9. The predicted octanol–water partition coefficient (Wildman–Crippen LogP) is 1.42. The van der Waals surface area contributed by atoms with Crippen molar-refractivity contribution >= 4 is 5.91 Å². The van der Waals surface area contributed by atoms with Crippen molar-refractivity contribution in [3.8, 4) is 0 Å². The first-order chi connectivity index (χ1) is 9.47. The second-order valence-corrected chi connectivity index (χ2v) is 5.62. The molecule has 0 bridgehead atoms. The van der Waals surface area contributed by atoms with E-state index in [1.807, 2.05) is 24.9 Å². The van der Waals surface area contributed by atoms with E-state index in [1.54, 1.807) is 6.07 Å². The SMILES string of the molecule is CC(N)C(c1cccc(F)c1)N(C)CC(=O)NC1CC1. The fourth-order valence-corrected chi connectivity index (χ4v) is 2.48. The third-order valence-corrected chi connectivity index (χ3v) is 3.50. The van der Waals surface area contributed by atoms with Crippen LogP contribution in [0.4, 0.5) is 4.39 Å². The zero-order valence-electron chi connectivity index (χ0n) is 12.0. The Labute approximate surface area is 119 Å². The lowest BCUT2D eigenvalue weighted by Crippen LogP contribution is -2.43. The molecule has 0 spiro atoms. The summed E-state index contributed by atoms with van der Waals surface area (Å²) in [7, 11) is 1.84. The lowest BCUT2D eigenvalue weighted by atomic mass is 9.99. The number of nitrogens with zero attached hydrogens (tertiary/aromatic N) is 1. The minimum absolute atomic E-state index is 0.00273. The number of carbonyl (C=O) groups excluding carboxylic acids is 1. The van der Waals surface area contributed by atoms with Crippen LogP contribution < -0.4 is 11.1 Å². The molecule has 0 aliphatic heterocycles. The van der Waals surface area contributed by atoms with Crippen LogP contribution in [0.1, 0.15) is 31.4 Å². The normalized spacial score (nSPS) is 17.9. The molecule has 1 amide bonds. The Hall–Kier alpha value is -1.46. The van der Waals surface area contributed by atoms with Crippen LogP contribution in [0, 0.1) is 5.82 Å². The monoisotopic (exact) mass is 279 g/mol. The van der Waals surface area contributed by atoms with Crippen LogP contribution in [0.3, 0.4) is 0 Å². The molecule has 3 N–H and O–H groups in total. The number of nitrogens with two attached hydrogens (primary N) is 1. The zero-order valence-corrected chi connectivity index (χ0v) is 12.0. The van der Waals surface area contributed by atoms with Gasteiger partial charge in [0.15, 0.2) is 0 Å². The van der Waals surface area contributed by atoms with Gasteiger partial charge in [-0.25, -0.2) is 4.39 Å². The first-order valence-electron chi connectivity index (χ1n) is 6.98. The second-order valence-electron chi connectivity index (χ2n) is 5.62. The van der Waals surface area contributed by atoms with Crippen LogP contribution in [0.15, 0.2) is 24.3 Å². The number of nitrogens with one attached hydrogen (secondary N) is 1. The maximum Gasteiger partial charge on any atom is 0.234 e. The third kappa shape index (κ3) is 4.02. The molecular formula is C15H22FN3O. The molecule has 0 saturated heterocycles. The lowest BCUT2D eigenvalue weighted by molar-refractivity contribution is -0.122. The summed E-state index contributed by atoms with van der Waals surface area (Å²) >= 11 is 0. The third-order valence-electron chi connectivity index (χ3n) is 3.50. The second kappa shape index (κ2) is 6.33. The van der Waals surface area contributed by atoms with Gasteiger partial charge >= 0.3 is 0 Å². The minimum Gasteiger partial charge on any atom is -0.352 e. The van der Waals surface area contributed by atoms with Gasteiger partial charge in [-0.15, -0.1) is 0 Å². The summed E-state index contributed by atoms with van der Waals surface area (Å²) < 4.78 is 13.4. The quantitative estimate of drug-likeness (QED) is 0.828. The zero-order chi connectivity index (χ0) is 14.7. The summed E-state index contributed by atoms with van der Waals surface area (Å²) in [6.45, 7) is 2.13. The van der Waals surface area contributed by atoms with Crippen molar-refractivity contribution in [2.75, 3.05) is 13.6 Å². The van der Waals surface area contributed by atoms with Crippen molar-refractivity contribution in [3.63, 3.8) is 0 Å². The van der Waals surface area contributed by atoms with Crippen molar-refractivity contribution < 1.29 is 9.18 Å². The van der Waals surface area contributed by atoms with E-state index in [0.29, 0.717) is 6.04 Å². The summed E-state index contributed by atoms with van der Waals surface area (Å²) in [5.74, 6) is -0.291. The van der Waals surface area contributed by atoms with E-state index < -0.39 is 0 Å². The van der Waals surface area contributed by atoms with Gasteiger partial charge in [0, 0.05) is 18.1 Å². The maximum atomic E-state index is 13.4. The van der Waals surface area contributed by atoms with E-state index in [4.69, 9.17) is 5.73 Å². The molecule has 0 heterocycles. The van der Waals surface area contributed by atoms with E-state index in [2.05, 4.69) is 5.32 Å². The van der Waals surface area contributed by atoms with Crippen LogP contribution in [-0.2, 0) is 4.79 Å². The number of carbonyl (C=O) groups is 1. The molecule has 0 radical (unpaired) electrons. The Kier molecular flexibility index (Phi) is 4.73. The van der Waals surface area contributed by atoms with E-state index in [9.17, 15) is 9.18 Å². The van der Waals surface area contributed by atoms with E-state index in [1.165, 1.54) is 12.1 Å². The van der Waals surface area contributed by atoms with Gasteiger partial charge in [0.05, 0.1) is 6.54 Å². The number of rotatable bonds is 6. The molecule has 0 aromatic heterocycles. The van der Waals surface area contributed by atoms with E-state index in [0.717, 1.165) is 18.4 Å². The summed E-state index contributed by atoms with van der Waals surface area (Å²) in [6.07, 6.45) is 2.13. The highest BCUT2D eigenvalue weighted by atomic mass is 19.1. The van der Waals surface area contributed by atoms with Gasteiger partial charge in [0.1, 0.15) is 5.82 Å². The van der Waals surface area contributed by atoms with Gasteiger partial charge in [0.2, 0.25) is 5.91 Å². The topological polar surface area (TPSA) is 58.4 Å². The summed E-state index contributed by atoms with van der Waals surface area (Å²) in [4.78, 5) is 13.7. The fourth-order valence-electron chi connectivity index (χ4n) is 2.48. The maximum absolute atomic E-state index is 13.4. The Balaban J connectivity index is 2.05. The Morgan fingerprint density at radius 1 is 1.55 bits per heavy atom. The summed E-state index contributed by atoms with van der Waals surface area (Å²) in [5, 5.41) is 2.95. The van der Waals surface area contributed by atoms with E-state index >= 15 is 0 Å². The molecule has 1 saturated carbocycles. The van der Waals surface area contributed by atoms with Gasteiger partial charge in [-0.1, -0.05) is 12.1 Å². The standard InChI is InChI=1S/C15H22FN3O/c1-10(17)15(11-4-3-5-12(16)8-11)19(2)9-14(20)18-13-6-7-13/h3-5,8,10,13,15H,6-7,9,17H2,1-2H3,(H,18,20). The number of hydrogen-bond donors (Lipinski definition) is 2. The number of amides is 1. The van der Waals surface area contributed by atoms with Gasteiger partial charge in [0.25, 0.3) is 0 Å². The van der Waals surface area contributed by atoms with Gasteiger partial charge in [-0.05, 0) is 44.5 Å². The van der Waals surface area contributed by atoms with Crippen molar-refractivity contribution in [2.24, 2.45) is 5.73 Å². The molecular weight excluding hydrogens is 257 g/mol. The lowest BCUT2D eigenvalue weighted by Gasteiger charge is -2.31. The molecule has 1 aromatic rings. The van der Waals surface area contributed by atoms with Crippen LogP contribution >= 0.6 is 0 Å². The minimum atomic E-state index is -0.288. The molecule has 1 aliphatic rings. The molecule has 5 heteroatoms. The average molecular weight is 279 g/mol. The molecule has 2 atom stereocenters. The van der Waals surface area contributed by atoms with E-state index in [-0.39, 0.29) is 30.4 Å². The van der Waals surface area contributed by atoms with Crippen LogP contribution in [-0.4, -0.2) is 36.5 Å². The molecule has 1 fully saturated rings. The molecule has 20 heavy (non-hydrogen) atoms. The highest BCUT2D eigenvalue weighted by Gasteiger charge is 2.26. The molecule has 4 nitrogen and oxygen atoms in total. The smallest absolute Gasteiger partial charge is 0.234 e. The molecule has 110 valence electrons. The Morgan fingerprint density at radius 2 is 2.25 bits per heavy atom. The molecule has 2 unspecified atom stereocenters. The highest BCUT2D eigenvalue weighted by Crippen LogP contribution is 2.23. The van der Waals surface area contributed by atoms with Gasteiger partial charge in [-0.2, -0.15) is 0 Å². The van der Waals surface area contributed by atoms with Crippen molar-refractivity contribution in [2.45, 2.75) is 37.9 Å². The highest BCUT2D eigenvalue weighted by molar-refractivity contribution is 5.78. The van der Waals surface area contributed by atoms with Crippen LogP contribution in [0.2, 0.25) is 0 Å². The number of likely N-dealkylation sites (N-methyl/N-ethyl adjacent to an activating group) is 1. The largest absolute Gasteiger partial charge is 0.352 e. The average Bonchev–Trinajstić information content (AvgIpc) is 3.12. The van der Waals surface area contributed by atoms with Crippen molar-refractivity contribution in [1.82, 2.24) is 10.2 Å². The molecule has 2 rings (SSSR count).